The van der Waals surface area contributed by atoms with Gasteiger partial charge in [-0.1, -0.05) is 48.5 Å². The van der Waals surface area contributed by atoms with Gasteiger partial charge in [-0.2, -0.15) is 0 Å². The van der Waals surface area contributed by atoms with Crippen molar-refractivity contribution in [2.24, 2.45) is 0 Å². The van der Waals surface area contributed by atoms with E-state index in [-0.39, 0.29) is 0 Å². The highest BCUT2D eigenvalue weighted by atomic mass is 16.4. The van der Waals surface area contributed by atoms with E-state index in [1.54, 1.807) is 24.3 Å². The summed E-state index contributed by atoms with van der Waals surface area (Å²) in [6, 6.07) is 16.1. The number of hydrogen-bond donors (Lipinski definition) is 2. The van der Waals surface area contributed by atoms with Crippen molar-refractivity contribution in [2.45, 2.75) is 6.54 Å². The van der Waals surface area contributed by atoms with Gasteiger partial charge in [-0.05, 0) is 6.07 Å². The Morgan fingerprint density at radius 3 is 2.43 bits per heavy atom. The first-order chi connectivity index (χ1) is 11.1. The first-order valence-electron chi connectivity index (χ1n) is 6.93. The molecule has 3 rings (SSSR count). The van der Waals surface area contributed by atoms with E-state index in [2.05, 4.69) is 4.98 Å². The Morgan fingerprint density at radius 2 is 1.74 bits per heavy atom. The van der Waals surface area contributed by atoms with Crippen molar-refractivity contribution in [3.05, 3.63) is 70.4 Å². The molecule has 0 fully saturated rings. The molecule has 6 heteroatoms. The van der Waals surface area contributed by atoms with Crippen molar-refractivity contribution in [3.8, 4) is 11.3 Å². The molecule has 0 unspecified atom stereocenters. The average molecular weight is 307 g/mol. The van der Waals surface area contributed by atoms with Gasteiger partial charge >= 0.3 is 5.97 Å². The largest absolute Gasteiger partial charge is 0.480 e. The van der Waals surface area contributed by atoms with Crippen LogP contribution in [-0.2, 0) is 11.3 Å². The van der Waals surface area contributed by atoms with Crippen LogP contribution in [0.5, 0.6) is 0 Å². The summed E-state index contributed by atoms with van der Waals surface area (Å²) in [6.07, 6.45) is 0. The molecule has 2 aromatic carbocycles. The van der Waals surface area contributed by atoms with Crippen LogP contribution in [0, 0.1) is 5.41 Å². The molecule has 0 saturated carbocycles. The molecule has 0 aliphatic carbocycles. The van der Waals surface area contributed by atoms with Gasteiger partial charge in [0.1, 0.15) is 6.54 Å². The van der Waals surface area contributed by atoms with Gasteiger partial charge in [0.2, 0.25) is 5.49 Å². The zero-order valence-corrected chi connectivity index (χ0v) is 12.1. The molecule has 0 aliphatic heterocycles. The SMILES string of the molecule is N=c1nc(-c2ccccc2)c2ccccc2n(CC(=O)O)c1=O. The van der Waals surface area contributed by atoms with Crippen molar-refractivity contribution >= 4 is 16.9 Å². The molecular weight excluding hydrogens is 294 g/mol. The summed E-state index contributed by atoms with van der Waals surface area (Å²) in [5, 5.41) is 17.6. The lowest BCUT2D eigenvalue weighted by atomic mass is 10.1. The van der Waals surface area contributed by atoms with Gasteiger partial charge in [-0.3, -0.25) is 19.6 Å². The fourth-order valence-electron chi connectivity index (χ4n) is 2.47. The van der Waals surface area contributed by atoms with Gasteiger partial charge in [-0.15, -0.1) is 0 Å². The van der Waals surface area contributed by atoms with E-state index in [0.717, 1.165) is 10.1 Å². The Morgan fingerprint density at radius 1 is 1.09 bits per heavy atom. The summed E-state index contributed by atoms with van der Waals surface area (Å²) >= 11 is 0. The van der Waals surface area contributed by atoms with E-state index in [1.165, 1.54) is 0 Å². The molecular formula is C17H13N3O3. The van der Waals surface area contributed by atoms with E-state index >= 15 is 0 Å². The molecule has 0 atom stereocenters. The third kappa shape index (κ3) is 2.74. The second kappa shape index (κ2) is 5.84. The number of nitrogens with zero attached hydrogens (tertiary/aromatic N) is 2. The van der Waals surface area contributed by atoms with E-state index < -0.39 is 23.6 Å². The molecule has 0 spiro atoms. The second-order valence-electron chi connectivity index (χ2n) is 4.98. The van der Waals surface area contributed by atoms with E-state index in [0.29, 0.717) is 16.6 Å². The fourth-order valence-corrected chi connectivity index (χ4v) is 2.47. The monoisotopic (exact) mass is 307 g/mol. The van der Waals surface area contributed by atoms with E-state index in [4.69, 9.17) is 10.5 Å². The lowest BCUT2D eigenvalue weighted by molar-refractivity contribution is -0.137. The zero-order valence-electron chi connectivity index (χ0n) is 12.1. The molecule has 1 aromatic heterocycles. The summed E-state index contributed by atoms with van der Waals surface area (Å²) in [5.41, 5.74) is 0.457. The quantitative estimate of drug-likeness (QED) is 0.768. The Hall–Kier alpha value is -3.28. The van der Waals surface area contributed by atoms with E-state index in [1.807, 2.05) is 30.3 Å². The van der Waals surface area contributed by atoms with Crippen molar-refractivity contribution < 1.29 is 9.90 Å². The average Bonchev–Trinajstić information content (AvgIpc) is 2.66. The smallest absolute Gasteiger partial charge is 0.323 e. The minimum absolute atomic E-state index is 0.435. The van der Waals surface area contributed by atoms with Crippen LogP contribution in [0.1, 0.15) is 0 Å². The molecule has 6 nitrogen and oxygen atoms in total. The highest BCUT2D eigenvalue weighted by molar-refractivity contribution is 5.92. The minimum Gasteiger partial charge on any atom is -0.480 e. The lowest BCUT2D eigenvalue weighted by Gasteiger charge is -2.05. The fraction of sp³-hybridized carbons (Fsp3) is 0.0588. The molecule has 0 bridgehead atoms. The number of benzene rings is 2. The number of carboxylic acid groups (broad SMARTS) is 1. The molecule has 114 valence electrons. The Balaban J connectivity index is 2.51. The van der Waals surface area contributed by atoms with Crippen LogP contribution >= 0.6 is 0 Å². The van der Waals surface area contributed by atoms with Crippen LogP contribution in [0.15, 0.2) is 59.4 Å². The Labute approximate surface area is 130 Å². The number of aliphatic carboxylic acids is 1. The molecule has 0 aliphatic rings. The number of fused-ring (bicyclic) bond motifs is 1. The van der Waals surface area contributed by atoms with Gasteiger partial charge in [-0.25, -0.2) is 4.98 Å². The molecule has 0 radical (unpaired) electrons. The summed E-state index contributed by atoms with van der Waals surface area (Å²) in [5.74, 6) is -1.15. The van der Waals surface area contributed by atoms with Gasteiger partial charge < -0.3 is 5.11 Å². The van der Waals surface area contributed by atoms with Crippen molar-refractivity contribution in [3.63, 3.8) is 0 Å². The van der Waals surface area contributed by atoms with Crippen molar-refractivity contribution in [1.29, 1.82) is 5.41 Å². The maximum Gasteiger partial charge on any atom is 0.323 e. The lowest BCUT2D eigenvalue weighted by Crippen LogP contribution is -2.34. The predicted molar refractivity (Wildman–Crippen MR) is 84.9 cm³/mol. The molecule has 1 heterocycles. The number of aromatic nitrogens is 2. The molecule has 2 N–H and O–H groups in total. The molecule has 3 aromatic rings. The van der Waals surface area contributed by atoms with Crippen LogP contribution in [0.4, 0.5) is 0 Å². The van der Waals surface area contributed by atoms with E-state index in [9.17, 15) is 9.59 Å². The van der Waals surface area contributed by atoms with Crippen molar-refractivity contribution in [2.75, 3.05) is 0 Å². The Bertz CT molecular complexity index is 1010. The van der Waals surface area contributed by atoms with Crippen LogP contribution < -0.4 is 11.0 Å². The number of hydrogen-bond acceptors (Lipinski definition) is 4. The summed E-state index contributed by atoms with van der Waals surface area (Å²) in [7, 11) is 0. The van der Waals surface area contributed by atoms with Crippen LogP contribution in [-0.4, -0.2) is 20.6 Å². The third-order valence-corrected chi connectivity index (χ3v) is 3.46. The van der Waals surface area contributed by atoms with Gasteiger partial charge in [0.05, 0.1) is 11.2 Å². The number of para-hydroxylation sites is 1. The summed E-state index contributed by atoms with van der Waals surface area (Å²) < 4.78 is 1.07. The molecule has 23 heavy (non-hydrogen) atoms. The standard InChI is InChI=1S/C17H13N3O3/c18-16-17(23)20(10-14(21)22)13-9-5-4-8-12(13)15(19-16)11-6-2-1-3-7-11/h1-9,18H,10H2,(H,21,22). The van der Waals surface area contributed by atoms with Crippen LogP contribution in [0.3, 0.4) is 0 Å². The predicted octanol–water partition coefficient (Wildman–Crippen LogP) is 1.63. The summed E-state index contributed by atoms with van der Waals surface area (Å²) in [4.78, 5) is 27.6. The third-order valence-electron chi connectivity index (χ3n) is 3.46. The van der Waals surface area contributed by atoms with Gasteiger partial charge in [0.15, 0.2) is 0 Å². The first-order valence-corrected chi connectivity index (χ1v) is 6.93. The Kier molecular flexibility index (Phi) is 3.72. The maximum absolute atomic E-state index is 12.4. The highest BCUT2D eigenvalue weighted by Gasteiger charge is 2.12. The number of nitrogens with one attached hydrogen (secondary N) is 1. The summed E-state index contributed by atoms with van der Waals surface area (Å²) in [6.45, 7) is -0.518. The van der Waals surface area contributed by atoms with Crippen LogP contribution in [0.2, 0.25) is 0 Å². The van der Waals surface area contributed by atoms with Gasteiger partial charge in [0, 0.05) is 10.9 Å². The first kappa shape index (κ1) is 14.6. The minimum atomic E-state index is -1.15. The van der Waals surface area contributed by atoms with Crippen LogP contribution in [0.25, 0.3) is 22.2 Å². The van der Waals surface area contributed by atoms with Gasteiger partial charge in [0.25, 0.3) is 5.56 Å². The normalized spacial score (nSPS) is 10.6. The zero-order chi connectivity index (χ0) is 16.4. The number of carbonyl (C=O) groups is 1. The highest BCUT2D eigenvalue weighted by Crippen LogP contribution is 2.23. The maximum atomic E-state index is 12.4. The molecule has 0 amide bonds. The second-order valence-corrected chi connectivity index (χ2v) is 4.98. The molecule has 0 saturated heterocycles. The van der Waals surface area contributed by atoms with Crippen molar-refractivity contribution in [1.82, 2.24) is 9.55 Å². The number of carboxylic acids is 1. The number of rotatable bonds is 3. The topological polar surface area (TPSA) is 96.0 Å².